The molecule has 1 heterocycles. The fraction of sp³-hybridized carbons (Fsp3) is 0.550. The summed E-state index contributed by atoms with van der Waals surface area (Å²) in [5.74, 6) is -0.305. The Morgan fingerprint density at radius 1 is 1.21 bits per heavy atom. The van der Waals surface area contributed by atoms with Gasteiger partial charge in [0.25, 0.3) is 0 Å². The van der Waals surface area contributed by atoms with Crippen LogP contribution in [-0.2, 0) is 16.1 Å². The summed E-state index contributed by atoms with van der Waals surface area (Å²) in [7, 11) is 0. The van der Waals surface area contributed by atoms with E-state index in [2.05, 4.69) is 21.3 Å². The summed E-state index contributed by atoms with van der Waals surface area (Å²) in [6.45, 7) is 4.83. The summed E-state index contributed by atoms with van der Waals surface area (Å²) in [6, 6.07) is 2.55. The Balaban J connectivity index is 1.96. The second-order valence-electron chi connectivity index (χ2n) is 7.38. The second kappa shape index (κ2) is 10.7. The van der Waals surface area contributed by atoms with Crippen molar-refractivity contribution in [2.45, 2.75) is 58.2 Å². The van der Waals surface area contributed by atoms with Gasteiger partial charge in [-0.25, -0.2) is 4.79 Å². The van der Waals surface area contributed by atoms with E-state index in [1.165, 1.54) is 0 Å². The lowest BCUT2D eigenvalue weighted by atomic mass is 10.1. The van der Waals surface area contributed by atoms with Gasteiger partial charge in [0.15, 0.2) is 0 Å². The molecule has 1 aliphatic heterocycles. The highest BCUT2D eigenvalue weighted by atomic mass is 16.4. The van der Waals surface area contributed by atoms with Gasteiger partial charge in [-0.05, 0) is 62.8 Å². The molecule has 0 spiro atoms. The third kappa shape index (κ3) is 6.94. The molecule has 1 aromatic carbocycles. The SMILES string of the molecule is Cc1cc(CNC(=O)[C@H](CCCNC(=O)O)NC(=O)[C@@H]2CCCN2)cc(C)c1O. The van der Waals surface area contributed by atoms with E-state index >= 15 is 0 Å². The highest BCUT2D eigenvalue weighted by Crippen LogP contribution is 2.22. The molecule has 160 valence electrons. The molecule has 3 amide bonds. The largest absolute Gasteiger partial charge is 0.507 e. The van der Waals surface area contributed by atoms with Gasteiger partial charge in [-0.1, -0.05) is 12.1 Å². The van der Waals surface area contributed by atoms with Gasteiger partial charge in [0.2, 0.25) is 11.8 Å². The number of carbonyl (C=O) groups is 3. The number of carboxylic acid groups (broad SMARTS) is 1. The fourth-order valence-electron chi connectivity index (χ4n) is 3.41. The van der Waals surface area contributed by atoms with Crippen LogP contribution < -0.4 is 21.3 Å². The Hall–Kier alpha value is -2.81. The maximum atomic E-state index is 12.7. The molecule has 1 fully saturated rings. The molecule has 0 radical (unpaired) electrons. The minimum Gasteiger partial charge on any atom is -0.507 e. The van der Waals surface area contributed by atoms with E-state index in [0.29, 0.717) is 12.8 Å². The maximum Gasteiger partial charge on any atom is 0.404 e. The van der Waals surface area contributed by atoms with Crippen LogP contribution in [0.2, 0.25) is 0 Å². The molecule has 0 aromatic heterocycles. The van der Waals surface area contributed by atoms with Crippen molar-refractivity contribution in [2.24, 2.45) is 0 Å². The summed E-state index contributed by atoms with van der Waals surface area (Å²) in [5, 5.41) is 29.5. The number of amides is 3. The quantitative estimate of drug-likeness (QED) is 0.337. The van der Waals surface area contributed by atoms with Gasteiger partial charge in [0.05, 0.1) is 6.04 Å². The molecular formula is C20H30N4O5. The number of phenols is 1. The maximum absolute atomic E-state index is 12.7. The highest BCUT2D eigenvalue weighted by Gasteiger charge is 2.27. The molecule has 1 aliphatic rings. The summed E-state index contributed by atoms with van der Waals surface area (Å²) in [6.07, 6.45) is 1.26. The zero-order valence-corrected chi connectivity index (χ0v) is 16.9. The summed E-state index contributed by atoms with van der Waals surface area (Å²) in [4.78, 5) is 35.7. The van der Waals surface area contributed by atoms with Crippen LogP contribution in [0, 0.1) is 13.8 Å². The van der Waals surface area contributed by atoms with Crippen LogP contribution in [0.25, 0.3) is 0 Å². The van der Waals surface area contributed by atoms with Gasteiger partial charge in [-0.15, -0.1) is 0 Å². The van der Waals surface area contributed by atoms with Crippen molar-refractivity contribution in [3.05, 3.63) is 28.8 Å². The zero-order valence-electron chi connectivity index (χ0n) is 16.9. The van der Waals surface area contributed by atoms with Crippen LogP contribution in [0.1, 0.15) is 42.4 Å². The van der Waals surface area contributed by atoms with Gasteiger partial charge in [0.1, 0.15) is 11.8 Å². The number of nitrogens with one attached hydrogen (secondary N) is 4. The average Bonchev–Trinajstić information content (AvgIpc) is 3.21. The summed E-state index contributed by atoms with van der Waals surface area (Å²) >= 11 is 0. The van der Waals surface area contributed by atoms with Crippen LogP contribution >= 0.6 is 0 Å². The lowest BCUT2D eigenvalue weighted by molar-refractivity contribution is -0.130. The van der Waals surface area contributed by atoms with Crippen molar-refractivity contribution in [3.63, 3.8) is 0 Å². The molecule has 29 heavy (non-hydrogen) atoms. The monoisotopic (exact) mass is 406 g/mol. The number of benzene rings is 1. The smallest absolute Gasteiger partial charge is 0.404 e. The van der Waals surface area contributed by atoms with Crippen molar-refractivity contribution in [3.8, 4) is 5.75 Å². The lowest BCUT2D eigenvalue weighted by Crippen LogP contribution is -2.51. The molecule has 0 unspecified atom stereocenters. The minimum absolute atomic E-state index is 0.201. The van der Waals surface area contributed by atoms with E-state index in [4.69, 9.17) is 5.11 Å². The van der Waals surface area contributed by atoms with E-state index in [1.54, 1.807) is 26.0 Å². The van der Waals surface area contributed by atoms with Crippen LogP contribution in [0.15, 0.2) is 12.1 Å². The van der Waals surface area contributed by atoms with E-state index < -0.39 is 12.1 Å². The molecule has 0 aliphatic carbocycles. The lowest BCUT2D eigenvalue weighted by Gasteiger charge is -2.21. The Morgan fingerprint density at radius 2 is 1.90 bits per heavy atom. The number of rotatable bonds is 9. The minimum atomic E-state index is -1.12. The predicted molar refractivity (Wildman–Crippen MR) is 108 cm³/mol. The first kappa shape index (κ1) is 22.5. The summed E-state index contributed by atoms with van der Waals surface area (Å²) < 4.78 is 0. The van der Waals surface area contributed by atoms with Gasteiger partial charge in [-0.2, -0.15) is 0 Å². The number of aryl methyl sites for hydroxylation is 2. The van der Waals surface area contributed by atoms with Gasteiger partial charge in [0, 0.05) is 13.1 Å². The van der Waals surface area contributed by atoms with Crippen molar-refractivity contribution < 1.29 is 24.6 Å². The van der Waals surface area contributed by atoms with Gasteiger partial charge < -0.3 is 31.5 Å². The molecule has 9 heteroatoms. The molecule has 1 aromatic rings. The Labute approximate surface area is 170 Å². The van der Waals surface area contributed by atoms with E-state index in [9.17, 15) is 19.5 Å². The van der Waals surface area contributed by atoms with Crippen molar-refractivity contribution in [1.29, 1.82) is 0 Å². The van der Waals surface area contributed by atoms with Crippen LogP contribution in [-0.4, -0.2) is 53.3 Å². The Bertz CT molecular complexity index is 723. The second-order valence-corrected chi connectivity index (χ2v) is 7.38. The van der Waals surface area contributed by atoms with Crippen LogP contribution in [0.3, 0.4) is 0 Å². The molecule has 2 atom stereocenters. The molecule has 2 rings (SSSR count). The van der Waals surface area contributed by atoms with E-state index in [-0.39, 0.29) is 36.7 Å². The number of phenolic OH excluding ortho intramolecular Hbond substituents is 1. The van der Waals surface area contributed by atoms with Gasteiger partial charge >= 0.3 is 6.09 Å². The standard InChI is InChI=1S/C20H30N4O5/c1-12-9-14(10-13(2)17(12)25)11-23-18(26)16(6-4-8-22-20(28)29)24-19(27)15-5-3-7-21-15/h9-10,15-16,21-22,25H,3-8,11H2,1-2H3,(H,23,26)(H,24,27)(H,28,29)/t15-,16-/m0/s1. The van der Waals surface area contributed by atoms with E-state index in [0.717, 1.165) is 36.1 Å². The first-order chi connectivity index (χ1) is 13.8. The molecule has 0 bridgehead atoms. The highest BCUT2D eigenvalue weighted by molar-refractivity contribution is 5.89. The van der Waals surface area contributed by atoms with Crippen molar-refractivity contribution in [1.82, 2.24) is 21.3 Å². The number of aromatic hydroxyl groups is 1. The van der Waals surface area contributed by atoms with Crippen molar-refractivity contribution in [2.75, 3.05) is 13.1 Å². The number of hydrogen-bond acceptors (Lipinski definition) is 5. The topological polar surface area (TPSA) is 140 Å². The normalized spacial score (nSPS) is 16.8. The Kier molecular flexibility index (Phi) is 8.26. The fourth-order valence-corrected chi connectivity index (χ4v) is 3.41. The number of hydrogen-bond donors (Lipinski definition) is 6. The molecule has 9 nitrogen and oxygen atoms in total. The van der Waals surface area contributed by atoms with Crippen molar-refractivity contribution >= 4 is 17.9 Å². The zero-order chi connectivity index (χ0) is 21.4. The van der Waals surface area contributed by atoms with E-state index in [1.807, 2.05) is 0 Å². The average molecular weight is 406 g/mol. The third-order valence-electron chi connectivity index (χ3n) is 4.97. The van der Waals surface area contributed by atoms with Crippen LogP contribution in [0.5, 0.6) is 5.75 Å². The Morgan fingerprint density at radius 3 is 2.48 bits per heavy atom. The first-order valence-electron chi connectivity index (χ1n) is 9.85. The molecule has 0 saturated carbocycles. The first-order valence-corrected chi connectivity index (χ1v) is 9.85. The van der Waals surface area contributed by atoms with Crippen LogP contribution in [0.4, 0.5) is 4.79 Å². The molecule has 6 N–H and O–H groups in total. The van der Waals surface area contributed by atoms with Gasteiger partial charge in [-0.3, -0.25) is 9.59 Å². The predicted octanol–water partition coefficient (Wildman–Crippen LogP) is 0.910. The third-order valence-corrected chi connectivity index (χ3v) is 4.97. The molecule has 1 saturated heterocycles. The summed E-state index contributed by atoms with van der Waals surface area (Å²) in [5.41, 5.74) is 2.30. The number of carbonyl (C=O) groups excluding carboxylic acids is 2. The molecular weight excluding hydrogens is 376 g/mol.